The second-order valence-electron chi connectivity index (χ2n) is 6.20. The Kier molecular flexibility index (Phi) is 4.14. The van der Waals surface area contributed by atoms with Crippen LogP contribution >= 0.6 is 0 Å². The van der Waals surface area contributed by atoms with Crippen LogP contribution in [0.2, 0.25) is 0 Å². The van der Waals surface area contributed by atoms with Gasteiger partial charge in [-0.05, 0) is 36.8 Å². The summed E-state index contributed by atoms with van der Waals surface area (Å²) in [6.07, 6.45) is 0.677. The molecule has 1 saturated carbocycles. The third kappa shape index (κ3) is 3.18. The fourth-order valence-corrected chi connectivity index (χ4v) is 2.21. The first-order valence-electron chi connectivity index (χ1n) is 7.07. The van der Waals surface area contributed by atoms with E-state index in [-0.39, 0.29) is 36.0 Å². The van der Waals surface area contributed by atoms with Gasteiger partial charge < -0.3 is 10.4 Å². The molecule has 0 radical (unpaired) electrons. The van der Waals surface area contributed by atoms with Crippen LogP contribution in [0.5, 0.6) is 0 Å². The zero-order valence-corrected chi connectivity index (χ0v) is 12.2. The average Bonchev–Trinajstić information content (AvgIpc) is 3.16. The number of halogens is 1. The van der Waals surface area contributed by atoms with E-state index < -0.39 is 5.60 Å². The lowest BCUT2D eigenvalue weighted by atomic mass is 9.92. The van der Waals surface area contributed by atoms with Gasteiger partial charge in [0.25, 0.3) is 0 Å². The number of rotatable bonds is 5. The fourth-order valence-electron chi connectivity index (χ4n) is 2.21. The van der Waals surface area contributed by atoms with Gasteiger partial charge in [-0.3, -0.25) is 4.79 Å². The molecule has 3 unspecified atom stereocenters. The van der Waals surface area contributed by atoms with Crippen LogP contribution in [-0.4, -0.2) is 23.2 Å². The van der Waals surface area contributed by atoms with Crippen LogP contribution in [0.1, 0.15) is 38.7 Å². The second-order valence-corrected chi connectivity index (χ2v) is 6.20. The molecule has 1 aromatic rings. The van der Waals surface area contributed by atoms with Gasteiger partial charge in [0.1, 0.15) is 5.82 Å². The summed E-state index contributed by atoms with van der Waals surface area (Å²) in [6, 6.07) is 6.59. The highest BCUT2D eigenvalue weighted by Gasteiger charge is 2.45. The molecule has 3 nitrogen and oxygen atoms in total. The molecule has 3 atom stereocenters. The first-order valence-corrected chi connectivity index (χ1v) is 7.07. The Labute approximate surface area is 119 Å². The summed E-state index contributed by atoms with van der Waals surface area (Å²) in [7, 11) is 0. The summed E-state index contributed by atoms with van der Waals surface area (Å²) in [6.45, 7) is 5.75. The molecule has 0 heterocycles. The Morgan fingerprint density at radius 3 is 2.75 bits per heavy atom. The highest BCUT2D eigenvalue weighted by Crippen LogP contribution is 2.48. The predicted octanol–water partition coefficient (Wildman–Crippen LogP) is 2.45. The Morgan fingerprint density at radius 1 is 1.50 bits per heavy atom. The average molecular weight is 279 g/mol. The van der Waals surface area contributed by atoms with E-state index in [0.29, 0.717) is 12.0 Å². The normalized spacial score (nSPS) is 24.3. The Balaban J connectivity index is 1.90. The van der Waals surface area contributed by atoms with Gasteiger partial charge in [0.15, 0.2) is 0 Å². The van der Waals surface area contributed by atoms with Crippen LogP contribution in [0.15, 0.2) is 24.3 Å². The van der Waals surface area contributed by atoms with Crippen LogP contribution in [0, 0.1) is 17.7 Å². The number of hydrogen-bond acceptors (Lipinski definition) is 2. The van der Waals surface area contributed by atoms with Crippen molar-refractivity contribution >= 4 is 5.91 Å². The van der Waals surface area contributed by atoms with E-state index in [9.17, 15) is 14.3 Å². The maximum atomic E-state index is 13.6. The van der Waals surface area contributed by atoms with Crippen LogP contribution in [0.4, 0.5) is 4.39 Å². The monoisotopic (exact) mass is 279 g/mol. The van der Waals surface area contributed by atoms with Crippen LogP contribution < -0.4 is 5.32 Å². The molecule has 1 aliphatic carbocycles. The van der Waals surface area contributed by atoms with E-state index in [4.69, 9.17) is 0 Å². The van der Waals surface area contributed by atoms with Crippen LogP contribution in [-0.2, 0) is 4.79 Å². The van der Waals surface area contributed by atoms with Gasteiger partial charge in [-0.1, -0.05) is 32.0 Å². The molecule has 1 aliphatic rings. The molecule has 1 aromatic carbocycles. The van der Waals surface area contributed by atoms with Gasteiger partial charge in [-0.2, -0.15) is 0 Å². The predicted molar refractivity (Wildman–Crippen MR) is 75.7 cm³/mol. The number of amides is 1. The van der Waals surface area contributed by atoms with Crippen LogP contribution in [0.3, 0.4) is 0 Å². The van der Waals surface area contributed by atoms with Gasteiger partial charge >= 0.3 is 0 Å². The number of aliphatic hydroxyl groups is 1. The van der Waals surface area contributed by atoms with E-state index in [1.165, 1.54) is 6.07 Å². The Morgan fingerprint density at radius 2 is 2.15 bits per heavy atom. The van der Waals surface area contributed by atoms with Gasteiger partial charge in [-0.25, -0.2) is 4.39 Å². The van der Waals surface area contributed by atoms with E-state index >= 15 is 0 Å². The van der Waals surface area contributed by atoms with E-state index in [2.05, 4.69) is 5.32 Å². The van der Waals surface area contributed by atoms with Crippen molar-refractivity contribution in [3.8, 4) is 0 Å². The first kappa shape index (κ1) is 15.0. The minimum absolute atomic E-state index is 0.0276. The van der Waals surface area contributed by atoms with Crippen molar-refractivity contribution < 1.29 is 14.3 Å². The molecule has 0 spiro atoms. The summed E-state index contributed by atoms with van der Waals surface area (Å²) in [5.41, 5.74) is -0.304. The van der Waals surface area contributed by atoms with Gasteiger partial charge in [0.05, 0.1) is 5.60 Å². The molecule has 110 valence electrons. The van der Waals surface area contributed by atoms with Gasteiger partial charge in [0, 0.05) is 12.5 Å². The number of nitrogens with one attached hydrogen (secondary N) is 1. The fraction of sp³-hybridized carbons (Fsp3) is 0.562. The molecular weight excluding hydrogens is 257 g/mol. The summed E-state index contributed by atoms with van der Waals surface area (Å²) >= 11 is 0. The van der Waals surface area contributed by atoms with Crippen LogP contribution in [0.25, 0.3) is 0 Å². The first-order chi connectivity index (χ1) is 9.33. The lowest BCUT2D eigenvalue weighted by Crippen LogP contribution is -2.44. The molecule has 1 amide bonds. The molecule has 20 heavy (non-hydrogen) atoms. The van der Waals surface area contributed by atoms with Crippen molar-refractivity contribution in [3.05, 3.63) is 35.6 Å². The molecule has 0 bridgehead atoms. The van der Waals surface area contributed by atoms with Crippen molar-refractivity contribution in [3.63, 3.8) is 0 Å². The van der Waals surface area contributed by atoms with Crippen molar-refractivity contribution in [2.24, 2.45) is 11.8 Å². The third-order valence-electron chi connectivity index (χ3n) is 4.30. The summed E-state index contributed by atoms with van der Waals surface area (Å²) in [5, 5.41) is 12.9. The van der Waals surface area contributed by atoms with Gasteiger partial charge in [-0.15, -0.1) is 0 Å². The highest BCUT2D eigenvalue weighted by molar-refractivity contribution is 5.83. The zero-order valence-electron chi connectivity index (χ0n) is 12.2. The molecule has 0 aromatic heterocycles. The molecule has 4 heteroatoms. The summed E-state index contributed by atoms with van der Waals surface area (Å²) in [5.74, 6) is -0.486. The third-order valence-corrected chi connectivity index (χ3v) is 4.30. The SMILES string of the molecule is CC(C)C(C)(O)CNC(=O)C1CC1c1ccccc1F. The minimum Gasteiger partial charge on any atom is -0.388 e. The summed E-state index contributed by atoms with van der Waals surface area (Å²) in [4.78, 5) is 12.0. The Hall–Kier alpha value is -1.42. The minimum atomic E-state index is -0.919. The van der Waals surface area contributed by atoms with E-state index in [1.54, 1.807) is 25.1 Å². The molecule has 0 saturated heterocycles. The smallest absolute Gasteiger partial charge is 0.223 e. The molecule has 2 rings (SSSR count). The molecule has 1 fully saturated rings. The van der Waals surface area contributed by atoms with Crippen molar-refractivity contribution in [1.82, 2.24) is 5.32 Å². The van der Waals surface area contributed by atoms with Gasteiger partial charge in [0.2, 0.25) is 5.91 Å². The van der Waals surface area contributed by atoms with Crippen molar-refractivity contribution in [2.45, 2.75) is 38.7 Å². The number of hydrogen-bond donors (Lipinski definition) is 2. The maximum Gasteiger partial charge on any atom is 0.223 e. The second kappa shape index (κ2) is 5.52. The number of carbonyl (C=O) groups excluding carboxylic acids is 1. The van der Waals surface area contributed by atoms with E-state index in [0.717, 1.165) is 0 Å². The zero-order chi connectivity index (χ0) is 14.9. The van der Waals surface area contributed by atoms with Crippen molar-refractivity contribution in [2.75, 3.05) is 6.54 Å². The maximum absolute atomic E-state index is 13.6. The topological polar surface area (TPSA) is 49.3 Å². The lowest BCUT2D eigenvalue weighted by molar-refractivity contribution is -0.124. The standard InChI is InChI=1S/C16H22FNO2/c1-10(2)16(3,20)9-18-15(19)13-8-12(13)11-6-4-5-7-14(11)17/h4-7,10,12-13,20H,8-9H2,1-3H3,(H,18,19). The molecular formula is C16H22FNO2. The Bertz CT molecular complexity index is 499. The largest absolute Gasteiger partial charge is 0.388 e. The molecule has 2 N–H and O–H groups in total. The van der Waals surface area contributed by atoms with E-state index in [1.807, 2.05) is 13.8 Å². The lowest BCUT2D eigenvalue weighted by Gasteiger charge is -2.27. The van der Waals surface area contributed by atoms with Crippen molar-refractivity contribution in [1.29, 1.82) is 0 Å². The summed E-state index contributed by atoms with van der Waals surface area (Å²) < 4.78 is 13.6. The number of carbonyl (C=O) groups is 1. The number of benzene rings is 1. The quantitative estimate of drug-likeness (QED) is 0.870. The highest BCUT2D eigenvalue weighted by atomic mass is 19.1. The molecule has 0 aliphatic heterocycles.